The van der Waals surface area contributed by atoms with Crippen LogP contribution in [0.3, 0.4) is 0 Å². The van der Waals surface area contributed by atoms with Gasteiger partial charge in [0.25, 0.3) is 5.91 Å². The lowest BCUT2D eigenvalue weighted by Gasteiger charge is -2.28. The van der Waals surface area contributed by atoms with Gasteiger partial charge < -0.3 is 14.1 Å². The summed E-state index contributed by atoms with van der Waals surface area (Å²) < 4.78 is 11.5. The van der Waals surface area contributed by atoms with Gasteiger partial charge in [-0.05, 0) is 72.7 Å². The number of nitrogens with zero attached hydrogens (tertiary/aromatic N) is 1. The molecule has 0 unspecified atom stereocenters. The predicted octanol–water partition coefficient (Wildman–Crippen LogP) is 6.46. The van der Waals surface area contributed by atoms with Crippen molar-refractivity contribution in [2.75, 3.05) is 4.90 Å². The second-order valence-electron chi connectivity index (χ2n) is 8.28. The number of amides is 1. The van der Waals surface area contributed by atoms with Crippen molar-refractivity contribution >= 4 is 28.4 Å². The molecule has 1 aliphatic rings. The summed E-state index contributed by atoms with van der Waals surface area (Å²) in [7, 11) is 0. The summed E-state index contributed by atoms with van der Waals surface area (Å²) >= 11 is 0. The van der Waals surface area contributed by atoms with E-state index < -0.39 is 0 Å². The first-order chi connectivity index (χ1) is 15.0. The van der Waals surface area contributed by atoms with Gasteiger partial charge in [0.15, 0.2) is 5.76 Å². The van der Waals surface area contributed by atoms with Crippen LogP contribution in [0.5, 0.6) is 5.75 Å². The Morgan fingerprint density at radius 2 is 1.81 bits per heavy atom. The van der Waals surface area contributed by atoms with Gasteiger partial charge in [-0.1, -0.05) is 42.5 Å². The molecule has 1 aromatic heterocycles. The maximum Gasteiger partial charge on any atom is 0.294 e. The largest absolute Gasteiger partial charge is 0.483 e. The van der Waals surface area contributed by atoms with E-state index in [-0.39, 0.29) is 11.5 Å². The molecule has 0 N–H and O–H groups in total. The summed E-state index contributed by atoms with van der Waals surface area (Å²) in [6.45, 7) is 4.54. The van der Waals surface area contributed by atoms with Crippen molar-refractivity contribution in [3.8, 4) is 5.75 Å². The average molecular weight is 409 g/mol. The molecule has 4 nitrogen and oxygen atoms in total. The minimum Gasteiger partial charge on any atom is -0.483 e. The highest BCUT2D eigenvalue weighted by Crippen LogP contribution is 2.36. The molecule has 0 atom stereocenters. The van der Waals surface area contributed by atoms with Crippen molar-refractivity contribution < 1.29 is 13.9 Å². The first-order valence-corrected chi connectivity index (χ1v) is 10.3. The summed E-state index contributed by atoms with van der Waals surface area (Å²) in [6, 6.07) is 23.5. The first kappa shape index (κ1) is 19.2. The lowest BCUT2D eigenvalue weighted by molar-refractivity contribution is 0.0958. The van der Waals surface area contributed by atoms with E-state index in [1.807, 2.05) is 50.2 Å². The van der Waals surface area contributed by atoms with Gasteiger partial charge >= 0.3 is 0 Å². The molecule has 0 fully saturated rings. The molecular weight excluding hydrogens is 386 g/mol. The van der Waals surface area contributed by atoms with Crippen LogP contribution in [0.2, 0.25) is 0 Å². The van der Waals surface area contributed by atoms with E-state index in [1.165, 1.54) is 6.26 Å². The van der Waals surface area contributed by atoms with Crippen LogP contribution in [-0.2, 0) is 6.54 Å². The van der Waals surface area contributed by atoms with Crippen LogP contribution in [0.15, 0.2) is 89.6 Å². The molecule has 1 amide bonds. The molecule has 4 aromatic rings. The second kappa shape index (κ2) is 7.47. The van der Waals surface area contributed by atoms with Gasteiger partial charge in [-0.15, -0.1) is 0 Å². The topological polar surface area (TPSA) is 42.7 Å². The van der Waals surface area contributed by atoms with Gasteiger partial charge in [0.05, 0.1) is 12.8 Å². The Bertz CT molecular complexity index is 1270. The number of rotatable bonds is 4. The molecule has 0 saturated carbocycles. The van der Waals surface area contributed by atoms with Gasteiger partial charge in [-0.25, -0.2) is 0 Å². The molecule has 5 rings (SSSR count). The minimum absolute atomic E-state index is 0.166. The van der Waals surface area contributed by atoms with Gasteiger partial charge in [-0.3, -0.25) is 4.79 Å². The Morgan fingerprint density at radius 1 is 0.968 bits per heavy atom. The molecule has 0 radical (unpaired) electrons. The van der Waals surface area contributed by atoms with E-state index in [0.717, 1.165) is 33.3 Å². The normalized spacial score (nSPS) is 14.1. The van der Waals surface area contributed by atoms with Crippen LogP contribution in [-0.4, -0.2) is 11.5 Å². The standard InChI is InChI=1S/C27H23NO3/c1-27(2)15-14-23-22-12-10-19(17-20(22)11-13-24(23)31-27)18-28(21-7-4-3-5-8-21)26(29)25-9-6-16-30-25/h3-17H,18H2,1-2H3. The Balaban J connectivity index is 1.51. The molecule has 0 aliphatic carbocycles. The van der Waals surface area contributed by atoms with Crippen LogP contribution in [0, 0.1) is 0 Å². The zero-order valence-electron chi connectivity index (χ0n) is 17.5. The van der Waals surface area contributed by atoms with Crippen LogP contribution < -0.4 is 9.64 Å². The molecule has 0 saturated heterocycles. The molecule has 0 spiro atoms. The molecule has 3 aromatic carbocycles. The van der Waals surface area contributed by atoms with Gasteiger partial charge in [-0.2, -0.15) is 0 Å². The van der Waals surface area contributed by atoms with E-state index in [2.05, 4.69) is 36.4 Å². The van der Waals surface area contributed by atoms with Crippen molar-refractivity contribution in [2.24, 2.45) is 0 Å². The Labute approximate surface area is 181 Å². The van der Waals surface area contributed by atoms with Crippen molar-refractivity contribution in [1.29, 1.82) is 0 Å². The summed E-state index contributed by atoms with van der Waals surface area (Å²) in [5.74, 6) is 1.05. The number of furan rings is 1. The maximum absolute atomic E-state index is 13.1. The first-order valence-electron chi connectivity index (χ1n) is 10.3. The smallest absolute Gasteiger partial charge is 0.294 e. The second-order valence-corrected chi connectivity index (χ2v) is 8.28. The zero-order chi connectivity index (χ0) is 21.4. The van der Waals surface area contributed by atoms with E-state index >= 15 is 0 Å². The van der Waals surface area contributed by atoms with Crippen LogP contribution in [0.1, 0.15) is 35.5 Å². The van der Waals surface area contributed by atoms with E-state index in [0.29, 0.717) is 12.3 Å². The van der Waals surface area contributed by atoms with Crippen molar-refractivity contribution in [3.05, 3.63) is 102 Å². The molecule has 4 heteroatoms. The van der Waals surface area contributed by atoms with Gasteiger partial charge in [0.2, 0.25) is 0 Å². The Kier molecular flexibility index (Phi) is 4.63. The number of benzene rings is 3. The van der Waals surface area contributed by atoms with Crippen LogP contribution >= 0.6 is 0 Å². The quantitative estimate of drug-likeness (QED) is 0.388. The monoisotopic (exact) mass is 409 g/mol. The Hall–Kier alpha value is -3.79. The number of ether oxygens (including phenoxy) is 1. The number of carbonyl (C=O) groups is 1. The van der Waals surface area contributed by atoms with E-state index in [1.54, 1.807) is 17.0 Å². The molecular formula is C27H23NO3. The fraction of sp³-hybridized carbons (Fsp3) is 0.148. The lowest BCUT2D eigenvalue weighted by atomic mass is 9.96. The number of hydrogen-bond acceptors (Lipinski definition) is 3. The van der Waals surface area contributed by atoms with Crippen molar-refractivity contribution in [3.63, 3.8) is 0 Å². The summed E-state index contributed by atoms with van der Waals surface area (Å²) in [6.07, 6.45) is 5.74. The van der Waals surface area contributed by atoms with Gasteiger partial charge in [0.1, 0.15) is 11.4 Å². The zero-order valence-corrected chi connectivity index (χ0v) is 17.5. The summed E-state index contributed by atoms with van der Waals surface area (Å²) in [5, 5.41) is 2.25. The fourth-order valence-corrected chi connectivity index (χ4v) is 3.95. The predicted molar refractivity (Wildman–Crippen MR) is 123 cm³/mol. The number of para-hydroxylation sites is 1. The van der Waals surface area contributed by atoms with Crippen LogP contribution in [0.25, 0.3) is 16.8 Å². The molecule has 0 bridgehead atoms. The molecule has 2 heterocycles. The number of fused-ring (bicyclic) bond motifs is 3. The van der Waals surface area contributed by atoms with Crippen molar-refractivity contribution in [2.45, 2.75) is 26.0 Å². The van der Waals surface area contributed by atoms with Crippen molar-refractivity contribution in [1.82, 2.24) is 0 Å². The fourth-order valence-electron chi connectivity index (χ4n) is 3.95. The Morgan fingerprint density at radius 3 is 2.58 bits per heavy atom. The third kappa shape index (κ3) is 3.73. The average Bonchev–Trinajstić information content (AvgIpc) is 3.31. The summed E-state index contributed by atoms with van der Waals surface area (Å²) in [4.78, 5) is 14.9. The third-order valence-corrected chi connectivity index (χ3v) is 5.50. The number of carbonyl (C=O) groups excluding carboxylic acids is 1. The summed E-state index contributed by atoms with van der Waals surface area (Å²) in [5.41, 5.74) is 2.66. The number of anilines is 1. The number of hydrogen-bond donors (Lipinski definition) is 0. The molecule has 154 valence electrons. The minimum atomic E-state index is -0.303. The van der Waals surface area contributed by atoms with Gasteiger partial charge in [0, 0.05) is 11.3 Å². The van der Waals surface area contributed by atoms with Crippen LogP contribution in [0.4, 0.5) is 5.69 Å². The highest BCUT2D eigenvalue weighted by Gasteiger charge is 2.23. The maximum atomic E-state index is 13.1. The molecule has 31 heavy (non-hydrogen) atoms. The third-order valence-electron chi connectivity index (χ3n) is 5.50. The van der Waals surface area contributed by atoms with E-state index in [4.69, 9.17) is 9.15 Å². The highest BCUT2D eigenvalue weighted by atomic mass is 16.5. The SMILES string of the molecule is CC1(C)C=Cc2c(ccc3cc(CN(C(=O)c4ccco4)c4ccccc4)ccc23)O1. The molecule has 1 aliphatic heterocycles. The van der Waals surface area contributed by atoms with E-state index in [9.17, 15) is 4.79 Å². The highest BCUT2D eigenvalue weighted by molar-refractivity contribution is 6.04. The lowest BCUT2D eigenvalue weighted by Crippen LogP contribution is -2.30.